The van der Waals surface area contributed by atoms with Crippen molar-refractivity contribution in [2.75, 3.05) is 18.6 Å². The lowest BCUT2D eigenvalue weighted by Crippen LogP contribution is -2.28. The fraction of sp³-hybridized carbons (Fsp3) is 0.200. The SMILES string of the molecule is Cc1ccc(CN(C)C(=O)CSc2nc(-c3ccccc3)cn2N)cc1. The number of nitrogens with two attached hydrogens (primary N) is 1. The van der Waals surface area contributed by atoms with Crippen LogP contribution in [0.25, 0.3) is 11.3 Å². The number of benzene rings is 2. The van der Waals surface area contributed by atoms with Crippen LogP contribution in [0, 0.1) is 6.92 Å². The number of imidazole rings is 1. The molecule has 0 atom stereocenters. The van der Waals surface area contributed by atoms with Gasteiger partial charge in [-0.2, -0.15) is 0 Å². The van der Waals surface area contributed by atoms with E-state index in [1.54, 1.807) is 11.1 Å². The van der Waals surface area contributed by atoms with Crippen LogP contribution in [0.1, 0.15) is 11.1 Å². The number of nitrogens with zero attached hydrogens (tertiary/aromatic N) is 3. The molecule has 6 heteroatoms. The number of amides is 1. The van der Waals surface area contributed by atoms with Crippen molar-refractivity contribution in [1.82, 2.24) is 14.6 Å². The first kappa shape index (κ1) is 18.1. The zero-order chi connectivity index (χ0) is 18.5. The van der Waals surface area contributed by atoms with Crippen LogP contribution in [-0.2, 0) is 11.3 Å². The molecule has 1 heterocycles. The van der Waals surface area contributed by atoms with Gasteiger partial charge in [-0.1, -0.05) is 71.9 Å². The van der Waals surface area contributed by atoms with Crippen molar-refractivity contribution in [2.45, 2.75) is 18.6 Å². The summed E-state index contributed by atoms with van der Waals surface area (Å²) in [5.74, 6) is 6.33. The molecule has 1 aromatic heterocycles. The summed E-state index contributed by atoms with van der Waals surface area (Å²) in [6.45, 7) is 2.64. The van der Waals surface area contributed by atoms with Crippen LogP contribution < -0.4 is 5.84 Å². The fourth-order valence-corrected chi connectivity index (χ4v) is 3.36. The van der Waals surface area contributed by atoms with Crippen LogP contribution in [0.2, 0.25) is 0 Å². The molecule has 5 nitrogen and oxygen atoms in total. The van der Waals surface area contributed by atoms with Crippen molar-refractivity contribution in [3.8, 4) is 11.3 Å². The normalized spacial score (nSPS) is 10.7. The fourth-order valence-electron chi connectivity index (χ4n) is 2.52. The lowest BCUT2D eigenvalue weighted by atomic mass is 10.1. The van der Waals surface area contributed by atoms with Crippen LogP contribution in [0.3, 0.4) is 0 Å². The quantitative estimate of drug-likeness (QED) is 0.537. The maximum absolute atomic E-state index is 12.4. The highest BCUT2D eigenvalue weighted by Gasteiger charge is 2.14. The average molecular weight is 366 g/mol. The summed E-state index contributed by atoms with van der Waals surface area (Å²) in [5, 5.41) is 0.626. The molecule has 0 aliphatic heterocycles. The molecule has 0 fully saturated rings. The third-order valence-electron chi connectivity index (χ3n) is 4.06. The minimum atomic E-state index is 0.0415. The molecule has 0 saturated carbocycles. The van der Waals surface area contributed by atoms with Gasteiger partial charge >= 0.3 is 0 Å². The van der Waals surface area contributed by atoms with Crippen molar-refractivity contribution in [2.24, 2.45) is 0 Å². The van der Waals surface area contributed by atoms with E-state index in [0.717, 1.165) is 16.8 Å². The number of aryl methyl sites for hydroxylation is 1. The van der Waals surface area contributed by atoms with Gasteiger partial charge < -0.3 is 10.7 Å². The molecule has 0 spiro atoms. The molecule has 0 radical (unpaired) electrons. The lowest BCUT2D eigenvalue weighted by molar-refractivity contribution is -0.127. The molecule has 1 amide bonds. The van der Waals surface area contributed by atoms with E-state index >= 15 is 0 Å². The second kappa shape index (κ2) is 8.10. The van der Waals surface area contributed by atoms with Gasteiger partial charge in [0.05, 0.1) is 17.6 Å². The van der Waals surface area contributed by atoms with Crippen LogP contribution >= 0.6 is 11.8 Å². The van der Waals surface area contributed by atoms with Gasteiger partial charge in [-0.05, 0) is 12.5 Å². The summed E-state index contributed by atoms with van der Waals surface area (Å²) >= 11 is 1.35. The Morgan fingerprint density at radius 1 is 1.15 bits per heavy atom. The predicted molar refractivity (Wildman–Crippen MR) is 106 cm³/mol. The summed E-state index contributed by atoms with van der Waals surface area (Å²) < 4.78 is 1.47. The van der Waals surface area contributed by atoms with Crippen LogP contribution in [-0.4, -0.2) is 33.3 Å². The Hall–Kier alpha value is -2.73. The number of rotatable bonds is 6. The Balaban J connectivity index is 1.59. The molecule has 2 aromatic carbocycles. The van der Waals surface area contributed by atoms with E-state index in [-0.39, 0.29) is 5.91 Å². The van der Waals surface area contributed by atoms with Crippen LogP contribution in [0.4, 0.5) is 0 Å². The first-order valence-electron chi connectivity index (χ1n) is 8.35. The van der Waals surface area contributed by atoms with Gasteiger partial charge in [-0.15, -0.1) is 0 Å². The van der Waals surface area contributed by atoms with Crippen molar-refractivity contribution in [3.63, 3.8) is 0 Å². The smallest absolute Gasteiger partial charge is 0.233 e. The molecule has 3 aromatic rings. The molecule has 0 saturated heterocycles. The lowest BCUT2D eigenvalue weighted by Gasteiger charge is -2.17. The molecule has 0 aliphatic carbocycles. The molecule has 0 aliphatic rings. The zero-order valence-corrected chi connectivity index (χ0v) is 15.7. The summed E-state index contributed by atoms with van der Waals surface area (Å²) in [5.41, 5.74) is 4.13. The largest absolute Gasteiger partial charge is 0.341 e. The van der Waals surface area contributed by atoms with Gasteiger partial charge in [0.25, 0.3) is 0 Å². The second-order valence-electron chi connectivity index (χ2n) is 6.21. The molecule has 134 valence electrons. The van der Waals surface area contributed by atoms with E-state index in [4.69, 9.17) is 5.84 Å². The number of carbonyl (C=O) groups is 1. The highest BCUT2D eigenvalue weighted by molar-refractivity contribution is 7.99. The van der Waals surface area contributed by atoms with Crippen molar-refractivity contribution in [3.05, 3.63) is 71.9 Å². The van der Waals surface area contributed by atoms with E-state index in [2.05, 4.69) is 17.1 Å². The number of carbonyl (C=O) groups excluding carboxylic acids is 1. The number of hydrogen-bond donors (Lipinski definition) is 1. The molecule has 0 unspecified atom stereocenters. The number of nitrogen functional groups attached to an aromatic ring is 1. The molecule has 2 N–H and O–H groups in total. The van der Waals surface area contributed by atoms with E-state index in [0.29, 0.717) is 17.5 Å². The maximum atomic E-state index is 12.4. The number of hydrogen-bond acceptors (Lipinski definition) is 4. The minimum Gasteiger partial charge on any atom is -0.341 e. The molecule has 26 heavy (non-hydrogen) atoms. The van der Waals surface area contributed by atoms with Gasteiger partial charge in [0, 0.05) is 19.2 Å². The average Bonchev–Trinajstić information content (AvgIpc) is 3.03. The Morgan fingerprint density at radius 3 is 2.54 bits per heavy atom. The molecular formula is C20H22N4OS. The maximum Gasteiger partial charge on any atom is 0.233 e. The monoisotopic (exact) mass is 366 g/mol. The summed E-state index contributed by atoms with van der Waals surface area (Å²) in [4.78, 5) is 18.7. The third kappa shape index (κ3) is 4.46. The highest BCUT2D eigenvalue weighted by Crippen LogP contribution is 2.23. The Morgan fingerprint density at radius 2 is 1.85 bits per heavy atom. The summed E-state index contributed by atoms with van der Waals surface area (Å²) in [6, 6.07) is 18.0. The van der Waals surface area contributed by atoms with Gasteiger partial charge in [-0.3, -0.25) is 4.79 Å². The third-order valence-corrected chi connectivity index (χ3v) is 5.01. The second-order valence-corrected chi connectivity index (χ2v) is 7.15. The van der Waals surface area contributed by atoms with Gasteiger partial charge in [0.1, 0.15) is 0 Å². The highest BCUT2D eigenvalue weighted by atomic mass is 32.2. The van der Waals surface area contributed by atoms with E-state index in [1.165, 1.54) is 22.0 Å². The van der Waals surface area contributed by atoms with Crippen molar-refractivity contribution < 1.29 is 4.79 Å². The van der Waals surface area contributed by atoms with E-state index in [1.807, 2.05) is 56.4 Å². The number of thioether (sulfide) groups is 1. The first-order chi connectivity index (χ1) is 12.5. The molecular weight excluding hydrogens is 344 g/mol. The first-order valence-corrected chi connectivity index (χ1v) is 9.33. The van der Waals surface area contributed by atoms with Gasteiger partial charge in [-0.25, -0.2) is 9.66 Å². The summed E-state index contributed by atoms with van der Waals surface area (Å²) in [6.07, 6.45) is 1.78. The van der Waals surface area contributed by atoms with E-state index < -0.39 is 0 Å². The molecule has 0 bridgehead atoms. The van der Waals surface area contributed by atoms with Gasteiger partial charge in [0.2, 0.25) is 5.91 Å². The Kier molecular flexibility index (Phi) is 5.63. The molecule has 3 rings (SSSR count). The summed E-state index contributed by atoms with van der Waals surface area (Å²) in [7, 11) is 1.81. The number of aromatic nitrogens is 2. The minimum absolute atomic E-state index is 0.0415. The van der Waals surface area contributed by atoms with Crippen LogP contribution in [0.5, 0.6) is 0 Å². The van der Waals surface area contributed by atoms with Crippen LogP contribution in [0.15, 0.2) is 66.0 Å². The zero-order valence-electron chi connectivity index (χ0n) is 14.9. The Labute approximate surface area is 157 Å². The topological polar surface area (TPSA) is 64.2 Å². The standard InChI is InChI=1S/C20H22N4OS/c1-15-8-10-16(11-9-15)12-23(2)19(25)14-26-20-22-18(13-24(20)21)17-6-4-3-5-7-17/h3-11,13H,12,14,21H2,1-2H3. The van der Waals surface area contributed by atoms with Gasteiger partial charge in [0.15, 0.2) is 5.16 Å². The predicted octanol–water partition coefficient (Wildman–Crippen LogP) is 3.32. The van der Waals surface area contributed by atoms with Crippen molar-refractivity contribution in [1.29, 1.82) is 0 Å². The van der Waals surface area contributed by atoms with E-state index in [9.17, 15) is 4.79 Å². The Bertz CT molecular complexity index is 875. The van der Waals surface area contributed by atoms with Crippen molar-refractivity contribution >= 4 is 17.7 Å².